The Morgan fingerprint density at radius 1 is 1.20 bits per heavy atom. The molecule has 0 amide bonds. The van der Waals surface area contributed by atoms with E-state index in [1.807, 2.05) is 12.1 Å². The molecule has 2 aromatic rings. The molecule has 0 bridgehead atoms. The number of methoxy groups -OCH3 is 1. The van der Waals surface area contributed by atoms with Crippen LogP contribution < -0.4 is 10.1 Å². The summed E-state index contributed by atoms with van der Waals surface area (Å²) < 4.78 is 5.27. The molecule has 0 radical (unpaired) electrons. The fraction of sp³-hybridized carbons (Fsp3) is 0.353. The Bertz CT molecular complexity index is 591. The van der Waals surface area contributed by atoms with Crippen LogP contribution in [0.1, 0.15) is 29.9 Å². The van der Waals surface area contributed by atoms with Crippen molar-refractivity contribution in [2.24, 2.45) is 0 Å². The summed E-state index contributed by atoms with van der Waals surface area (Å²) in [5.74, 6) is 1.35. The number of hydrogen-bond acceptors (Lipinski definition) is 3. The quantitative estimate of drug-likeness (QED) is 0.916. The zero-order valence-electron chi connectivity index (χ0n) is 12.0. The van der Waals surface area contributed by atoms with Gasteiger partial charge in [-0.15, -0.1) is 0 Å². The maximum absolute atomic E-state index is 5.27. The third kappa shape index (κ3) is 2.62. The summed E-state index contributed by atoms with van der Waals surface area (Å²) in [5.41, 5.74) is 3.79. The SMILES string of the molecule is COc1ncccc1NC1CC(c2cccc(C)c2)C1. The molecule has 3 nitrogen and oxygen atoms in total. The number of aryl methyl sites for hydroxylation is 1. The van der Waals surface area contributed by atoms with E-state index in [0.717, 1.165) is 5.69 Å². The van der Waals surface area contributed by atoms with Crippen molar-refractivity contribution in [3.05, 3.63) is 53.7 Å². The van der Waals surface area contributed by atoms with Gasteiger partial charge in [-0.3, -0.25) is 0 Å². The van der Waals surface area contributed by atoms with Crippen LogP contribution in [0.5, 0.6) is 5.88 Å². The van der Waals surface area contributed by atoms with E-state index >= 15 is 0 Å². The van der Waals surface area contributed by atoms with Crippen LogP contribution in [-0.4, -0.2) is 18.1 Å². The highest BCUT2D eigenvalue weighted by Crippen LogP contribution is 2.39. The van der Waals surface area contributed by atoms with E-state index in [4.69, 9.17) is 4.74 Å². The number of benzene rings is 1. The summed E-state index contributed by atoms with van der Waals surface area (Å²) in [7, 11) is 1.66. The molecule has 1 heterocycles. The van der Waals surface area contributed by atoms with Crippen LogP contribution in [0.3, 0.4) is 0 Å². The number of nitrogens with zero attached hydrogens (tertiary/aromatic N) is 1. The van der Waals surface area contributed by atoms with Crippen LogP contribution in [0.4, 0.5) is 5.69 Å². The second-order valence-electron chi connectivity index (χ2n) is 5.48. The van der Waals surface area contributed by atoms with Gasteiger partial charge >= 0.3 is 0 Å². The molecule has 20 heavy (non-hydrogen) atoms. The van der Waals surface area contributed by atoms with Crippen LogP contribution in [0.15, 0.2) is 42.6 Å². The van der Waals surface area contributed by atoms with E-state index in [0.29, 0.717) is 17.8 Å². The lowest BCUT2D eigenvalue weighted by Gasteiger charge is -2.37. The number of rotatable bonds is 4. The Kier molecular flexibility index (Phi) is 3.59. The van der Waals surface area contributed by atoms with E-state index < -0.39 is 0 Å². The minimum Gasteiger partial charge on any atom is -0.480 e. The van der Waals surface area contributed by atoms with Crippen molar-refractivity contribution in [3.8, 4) is 5.88 Å². The van der Waals surface area contributed by atoms with Crippen molar-refractivity contribution in [2.45, 2.75) is 31.7 Å². The largest absolute Gasteiger partial charge is 0.480 e. The predicted molar refractivity (Wildman–Crippen MR) is 81.4 cm³/mol. The molecule has 3 rings (SSSR count). The lowest BCUT2D eigenvalue weighted by atomic mass is 9.75. The summed E-state index contributed by atoms with van der Waals surface area (Å²) in [4.78, 5) is 4.21. The zero-order chi connectivity index (χ0) is 13.9. The number of hydrogen-bond donors (Lipinski definition) is 1. The molecule has 1 aliphatic carbocycles. The predicted octanol–water partition coefficient (Wildman–Crippen LogP) is 3.76. The average molecular weight is 268 g/mol. The van der Waals surface area contributed by atoms with Crippen molar-refractivity contribution in [3.63, 3.8) is 0 Å². The Morgan fingerprint density at radius 3 is 2.80 bits per heavy atom. The fourth-order valence-electron chi connectivity index (χ4n) is 2.82. The van der Waals surface area contributed by atoms with Gasteiger partial charge in [-0.25, -0.2) is 4.98 Å². The summed E-state index contributed by atoms with van der Waals surface area (Å²) in [6, 6.07) is 13.3. The van der Waals surface area contributed by atoms with Gasteiger partial charge in [-0.2, -0.15) is 0 Å². The molecule has 3 heteroatoms. The minimum atomic E-state index is 0.513. The molecule has 1 aromatic carbocycles. The van der Waals surface area contributed by atoms with Gasteiger partial charge in [0, 0.05) is 12.2 Å². The Labute approximate surface area is 120 Å². The normalized spacial score (nSPS) is 21.1. The first-order chi connectivity index (χ1) is 9.76. The topological polar surface area (TPSA) is 34.1 Å². The Hall–Kier alpha value is -2.03. The van der Waals surface area contributed by atoms with Crippen molar-refractivity contribution in [1.82, 2.24) is 4.98 Å². The van der Waals surface area contributed by atoms with Gasteiger partial charge in [0.25, 0.3) is 0 Å². The first-order valence-electron chi connectivity index (χ1n) is 7.08. The molecule has 1 fully saturated rings. The smallest absolute Gasteiger partial charge is 0.237 e. The molecule has 0 saturated heterocycles. The second kappa shape index (κ2) is 5.53. The Morgan fingerprint density at radius 2 is 2.05 bits per heavy atom. The van der Waals surface area contributed by atoms with E-state index in [1.54, 1.807) is 13.3 Å². The number of ether oxygens (including phenoxy) is 1. The van der Waals surface area contributed by atoms with E-state index in [2.05, 4.69) is 41.5 Å². The number of aromatic nitrogens is 1. The van der Waals surface area contributed by atoms with Crippen LogP contribution in [0, 0.1) is 6.92 Å². The first-order valence-corrected chi connectivity index (χ1v) is 7.08. The highest BCUT2D eigenvalue weighted by molar-refractivity contribution is 5.53. The molecule has 0 aliphatic heterocycles. The summed E-state index contributed by atoms with van der Waals surface area (Å²) in [6.07, 6.45) is 4.09. The van der Waals surface area contributed by atoms with E-state index in [1.165, 1.54) is 24.0 Å². The second-order valence-corrected chi connectivity index (χ2v) is 5.48. The third-order valence-electron chi connectivity index (χ3n) is 3.98. The van der Waals surface area contributed by atoms with Crippen LogP contribution in [-0.2, 0) is 0 Å². The minimum absolute atomic E-state index is 0.513. The number of pyridine rings is 1. The molecular formula is C17H20N2O. The van der Waals surface area contributed by atoms with Gasteiger partial charge < -0.3 is 10.1 Å². The van der Waals surface area contributed by atoms with Crippen molar-refractivity contribution >= 4 is 5.69 Å². The maximum Gasteiger partial charge on any atom is 0.237 e. The summed E-state index contributed by atoms with van der Waals surface area (Å²) in [5, 5.41) is 3.52. The third-order valence-corrected chi connectivity index (χ3v) is 3.98. The monoisotopic (exact) mass is 268 g/mol. The van der Waals surface area contributed by atoms with Gasteiger partial charge in [0.05, 0.1) is 12.8 Å². The van der Waals surface area contributed by atoms with E-state index in [-0.39, 0.29) is 0 Å². The zero-order valence-corrected chi connectivity index (χ0v) is 12.0. The molecule has 104 valence electrons. The van der Waals surface area contributed by atoms with Gasteiger partial charge in [-0.05, 0) is 43.4 Å². The van der Waals surface area contributed by atoms with Crippen molar-refractivity contribution in [2.75, 3.05) is 12.4 Å². The molecule has 0 atom stereocenters. The number of anilines is 1. The molecule has 0 spiro atoms. The van der Waals surface area contributed by atoms with Gasteiger partial charge in [0.1, 0.15) is 0 Å². The molecule has 1 saturated carbocycles. The first kappa shape index (κ1) is 13.0. The van der Waals surface area contributed by atoms with Crippen molar-refractivity contribution in [1.29, 1.82) is 0 Å². The van der Waals surface area contributed by atoms with E-state index in [9.17, 15) is 0 Å². The molecule has 0 unspecified atom stereocenters. The fourth-order valence-corrected chi connectivity index (χ4v) is 2.82. The lowest BCUT2D eigenvalue weighted by Crippen LogP contribution is -2.34. The van der Waals surface area contributed by atoms with Gasteiger partial charge in [0.2, 0.25) is 5.88 Å². The lowest BCUT2D eigenvalue weighted by molar-refractivity contribution is 0.367. The maximum atomic E-state index is 5.27. The molecule has 1 N–H and O–H groups in total. The molecule has 1 aliphatic rings. The highest BCUT2D eigenvalue weighted by atomic mass is 16.5. The van der Waals surface area contributed by atoms with Crippen LogP contribution in [0.2, 0.25) is 0 Å². The van der Waals surface area contributed by atoms with Crippen molar-refractivity contribution < 1.29 is 4.74 Å². The van der Waals surface area contributed by atoms with Crippen LogP contribution in [0.25, 0.3) is 0 Å². The summed E-state index contributed by atoms with van der Waals surface area (Å²) >= 11 is 0. The molecule has 1 aromatic heterocycles. The van der Waals surface area contributed by atoms with Gasteiger partial charge in [-0.1, -0.05) is 29.8 Å². The average Bonchev–Trinajstić information content (AvgIpc) is 2.42. The standard InChI is InChI=1S/C17H20N2O/c1-12-5-3-6-13(9-12)14-10-15(11-14)19-16-7-4-8-18-17(16)20-2/h3-9,14-15,19H,10-11H2,1-2H3. The Balaban J connectivity index is 1.61. The summed E-state index contributed by atoms with van der Waals surface area (Å²) in [6.45, 7) is 2.15. The highest BCUT2D eigenvalue weighted by Gasteiger charge is 2.30. The molecular weight excluding hydrogens is 248 g/mol. The van der Waals surface area contributed by atoms with Crippen LogP contribution >= 0.6 is 0 Å². The van der Waals surface area contributed by atoms with Gasteiger partial charge in [0.15, 0.2) is 0 Å². The number of nitrogens with one attached hydrogen (secondary N) is 1.